The van der Waals surface area contributed by atoms with Gasteiger partial charge in [-0.3, -0.25) is 4.79 Å². The highest BCUT2D eigenvalue weighted by atomic mass is 32.2. The molecule has 0 aromatic rings. The smallest absolute Gasteiger partial charge is 0.229 e. The zero-order chi connectivity index (χ0) is 7.44. The highest BCUT2D eigenvalue weighted by Crippen LogP contribution is 1.99. The SMILES string of the molecule is C[C](C[S+](C)[O-])C(N)=O. The lowest BCUT2D eigenvalue weighted by Crippen LogP contribution is -2.24. The highest BCUT2D eigenvalue weighted by Gasteiger charge is 2.14. The summed E-state index contributed by atoms with van der Waals surface area (Å²) in [5.41, 5.74) is 4.87. The molecule has 3 nitrogen and oxygen atoms in total. The maximum atomic E-state index is 10.4. The average molecular weight is 148 g/mol. The molecule has 0 bridgehead atoms. The van der Waals surface area contributed by atoms with Crippen molar-refractivity contribution >= 4 is 17.1 Å². The number of hydrogen-bond donors (Lipinski definition) is 1. The predicted molar refractivity (Wildman–Crippen MR) is 37.0 cm³/mol. The highest BCUT2D eigenvalue weighted by molar-refractivity contribution is 7.90. The third-order valence-electron chi connectivity index (χ3n) is 0.840. The minimum absolute atomic E-state index is 0.287. The number of amides is 1. The van der Waals surface area contributed by atoms with Gasteiger partial charge in [-0.15, -0.1) is 0 Å². The van der Waals surface area contributed by atoms with Crippen LogP contribution in [0, 0.1) is 5.92 Å². The van der Waals surface area contributed by atoms with Crippen molar-refractivity contribution in [3.05, 3.63) is 5.92 Å². The van der Waals surface area contributed by atoms with Crippen molar-refractivity contribution in [2.24, 2.45) is 5.73 Å². The fourth-order valence-corrected chi connectivity index (χ4v) is 1.13. The molecule has 0 fully saturated rings. The Morgan fingerprint density at radius 3 is 2.33 bits per heavy atom. The summed E-state index contributed by atoms with van der Waals surface area (Å²) in [6, 6.07) is 0. The van der Waals surface area contributed by atoms with E-state index in [1.807, 2.05) is 0 Å². The van der Waals surface area contributed by atoms with Gasteiger partial charge in [-0.25, -0.2) is 0 Å². The molecular weight excluding hydrogens is 138 g/mol. The lowest BCUT2D eigenvalue weighted by molar-refractivity contribution is -0.116. The Hall–Kier alpha value is -0.220. The van der Waals surface area contributed by atoms with E-state index in [0.29, 0.717) is 5.92 Å². The molecule has 0 aromatic carbocycles. The maximum absolute atomic E-state index is 10.4. The van der Waals surface area contributed by atoms with Crippen molar-refractivity contribution in [3.8, 4) is 0 Å². The quantitative estimate of drug-likeness (QED) is 0.545. The monoisotopic (exact) mass is 148 g/mol. The molecule has 4 heteroatoms. The summed E-state index contributed by atoms with van der Waals surface area (Å²) in [6.07, 6.45) is 1.53. The Morgan fingerprint density at radius 2 is 2.22 bits per heavy atom. The van der Waals surface area contributed by atoms with Crippen LogP contribution < -0.4 is 5.73 Å². The summed E-state index contributed by atoms with van der Waals surface area (Å²) in [7, 11) is 0. The molecule has 0 aliphatic heterocycles. The number of primary amides is 1. The lowest BCUT2D eigenvalue weighted by atomic mass is 10.2. The van der Waals surface area contributed by atoms with E-state index in [4.69, 9.17) is 5.73 Å². The van der Waals surface area contributed by atoms with Gasteiger partial charge in [0, 0.05) is 0 Å². The van der Waals surface area contributed by atoms with Gasteiger partial charge < -0.3 is 10.3 Å². The molecule has 0 rings (SSSR count). The molecule has 1 amide bonds. The van der Waals surface area contributed by atoms with E-state index in [2.05, 4.69) is 0 Å². The van der Waals surface area contributed by atoms with Crippen molar-refractivity contribution in [2.45, 2.75) is 6.92 Å². The number of hydrogen-bond acceptors (Lipinski definition) is 2. The Bertz CT molecular complexity index is 105. The molecule has 0 heterocycles. The molecule has 0 aliphatic carbocycles. The van der Waals surface area contributed by atoms with Gasteiger partial charge in [0.25, 0.3) is 0 Å². The second-order valence-electron chi connectivity index (χ2n) is 1.86. The second kappa shape index (κ2) is 3.74. The third kappa shape index (κ3) is 4.29. The fraction of sp³-hybridized carbons (Fsp3) is 0.600. The van der Waals surface area contributed by atoms with Crippen LogP contribution in [-0.4, -0.2) is 22.5 Å². The van der Waals surface area contributed by atoms with Crippen LogP contribution in [0.4, 0.5) is 0 Å². The molecule has 1 radical (unpaired) electrons. The van der Waals surface area contributed by atoms with Gasteiger partial charge in [-0.2, -0.15) is 0 Å². The zero-order valence-electron chi connectivity index (χ0n) is 5.51. The Morgan fingerprint density at radius 1 is 1.78 bits per heavy atom. The molecule has 0 saturated heterocycles. The first-order valence-corrected chi connectivity index (χ1v) is 4.19. The van der Waals surface area contributed by atoms with Crippen LogP contribution in [0.25, 0.3) is 0 Å². The summed E-state index contributed by atoms with van der Waals surface area (Å²) in [5, 5.41) is 0. The first-order chi connectivity index (χ1) is 4.04. The van der Waals surface area contributed by atoms with Crippen LogP contribution in [0.3, 0.4) is 0 Å². The van der Waals surface area contributed by atoms with Crippen LogP contribution >= 0.6 is 0 Å². The van der Waals surface area contributed by atoms with Crippen molar-refractivity contribution in [2.75, 3.05) is 12.0 Å². The Kier molecular flexibility index (Phi) is 3.65. The van der Waals surface area contributed by atoms with Crippen LogP contribution in [0.15, 0.2) is 0 Å². The van der Waals surface area contributed by atoms with Gasteiger partial charge in [0.2, 0.25) is 5.91 Å². The van der Waals surface area contributed by atoms with Gasteiger partial charge in [0.15, 0.2) is 0 Å². The fourth-order valence-electron chi connectivity index (χ4n) is 0.376. The minimum atomic E-state index is -0.954. The van der Waals surface area contributed by atoms with Gasteiger partial charge in [-0.05, 0) is 6.92 Å². The number of carbonyl (C=O) groups is 1. The van der Waals surface area contributed by atoms with Crippen molar-refractivity contribution in [3.63, 3.8) is 0 Å². The van der Waals surface area contributed by atoms with E-state index in [0.717, 1.165) is 0 Å². The molecular formula is C5H10NO2S. The lowest BCUT2D eigenvalue weighted by Gasteiger charge is -2.07. The molecule has 9 heavy (non-hydrogen) atoms. The molecule has 1 unspecified atom stereocenters. The normalized spacial score (nSPS) is 13.8. The molecule has 0 spiro atoms. The first kappa shape index (κ1) is 8.78. The van der Waals surface area contributed by atoms with Gasteiger partial charge in [0.05, 0.1) is 6.26 Å². The van der Waals surface area contributed by atoms with E-state index in [1.54, 1.807) is 6.92 Å². The summed E-state index contributed by atoms with van der Waals surface area (Å²) >= 11 is -0.954. The Balaban J connectivity index is 3.50. The molecule has 0 saturated carbocycles. The second-order valence-corrected chi connectivity index (χ2v) is 3.30. The van der Waals surface area contributed by atoms with E-state index in [1.165, 1.54) is 6.26 Å². The van der Waals surface area contributed by atoms with E-state index >= 15 is 0 Å². The standard InChI is InChI=1S/C5H10NO2S/c1-4(5(6)7)3-9(2)8/h3H2,1-2H3,(H2,6,7). The van der Waals surface area contributed by atoms with Crippen LogP contribution in [-0.2, 0) is 16.0 Å². The minimum Gasteiger partial charge on any atom is -0.617 e. The van der Waals surface area contributed by atoms with E-state index in [9.17, 15) is 9.35 Å². The van der Waals surface area contributed by atoms with Crippen molar-refractivity contribution in [1.82, 2.24) is 0 Å². The maximum Gasteiger partial charge on any atom is 0.229 e. The third-order valence-corrected chi connectivity index (χ3v) is 1.68. The summed E-state index contributed by atoms with van der Waals surface area (Å²) in [5.74, 6) is 0.288. The molecule has 53 valence electrons. The summed E-state index contributed by atoms with van der Waals surface area (Å²) in [6.45, 7) is 1.59. The molecule has 1 atom stereocenters. The van der Waals surface area contributed by atoms with E-state index in [-0.39, 0.29) is 5.75 Å². The van der Waals surface area contributed by atoms with Crippen LogP contribution in [0.5, 0.6) is 0 Å². The van der Waals surface area contributed by atoms with Gasteiger partial charge in [-0.1, -0.05) is 11.2 Å². The average Bonchev–Trinajstić information content (AvgIpc) is 1.63. The zero-order valence-corrected chi connectivity index (χ0v) is 6.33. The molecule has 0 aliphatic rings. The topological polar surface area (TPSA) is 66.2 Å². The van der Waals surface area contributed by atoms with Crippen molar-refractivity contribution < 1.29 is 9.35 Å². The van der Waals surface area contributed by atoms with Crippen LogP contribution in [0.1, 0.15) is 6.92 Å². The van der Waals surface area contributed by atoms with E-state index < -0.39 is 17.1 Å². The number of carbonyl (C=O) groups excluding carboxylic acids is 1. The van der Waals surface area contributed by atoms with Gasteiger partial charge in [0.1, 0.15) is 11.7 Å². The number of nitrogens with two attached hydrogens (primary N) is 1. The molecule has 0 aromatic heterocycles. The number of rotatable bonds is 3. The largest absolute Gasteiger partial charge is 0.617 e. The predicted octanol–water partition coefficient (Wildman–Crippen LogP) is -0.555. The van der Waals surface area contributed by atoms with Crippen LogP contribution in [0.2, 0.25) is 0 Å². The summed E-state index contributed by atoms with van der Waals surface area (Å²) in [4.78, 5) is 10.3. The summed E-state index contributed by atoms with van der Waals surface area (Å²) < 4.78 is 10.4. The Labute approximate surface area is 57.8 Å². The van der Waals surface area contributed by atoms with Crippen molar-refractivity contribution in [1.29, 1.82) is 0 Å². The molecule has 2 N–H and O–H groups in total. The first-order valence-electron chi connectivity index (χ1n) is 2.46. The van der Waals surface area contributed by atoms with Gasteiger partial charge >= 0.3 is 0 Å².